The highest BCUT2D eigenvalue weighted by molar-refractivity contribution is 6.03. The zero-order chi connectivity index (χ0) is 20.8. The molecule has 3 rings (SSSR count). The minimum absolute atomic E-state index is 0.108. The fourth-order valence-electron chi connectivity index (χ4n) is 3.16. The topological polar surface area (TPSA) is 71.4 Å². The van der Waals surface area contributed by atoms with Gasteiger partial charge in [-0.3, -0.25) is 9.59 Å². The number of nitrogens with zero attached hydrogens (tertiary/aromatic N) is 3. The van der Waals surface area contributed by atoms with Gasteiger partial charge in [0, 0.05) is 38.1 Å². The maximum absolute atomic E-state index is 12.6. The van der Waals surface area contributed by atoms with E-state index in [1.54, 1.807) is 39.5 Å². The number of carbonyl (C=O) groups is 2. The van der Waals surface area contributed by atoms with Crippen molar-refractivity contribution in [3.8, 4) is 11.5 Å². The number of hydrogen-bond donors (Lipinski definition) is 0. The largest absolute Gasteiger partial charge is 0.493 e. The van der Waals surface area contributed by atoms with E-state index in [0.29, 0.717) is 23.7 Å². The Morgan fingerprint density at radius 2 is 1.76 bits per heavy atom. The van der Waals surface area contributed by atoms with Crippen molar-refractivity contribution in [3.05, 3.63) is 54.1 Å². The van der Waals surface area contributed by atoms with Gasteiger partial charge >= 0.3 is 0 Å². The smallest absolute Gasteiger partial charge is 0.243 e. The van der Waals surface area contributed by atoms with Gasteiger partial charge in [-0.25, -0.2) is 5.01 Å². The van der Waals surface area contributed by atoms with Crippen LogP contribution in [-0.4, -0.2) is 50.3 Å². The molecule has 7 heteroatoms. The van der Waals surface area contributed by atoms with Crippen LogP contribution in [0.2, 0.25) is 0 Å². The quantitative estimate of drug-likeness (QED) is 0.722. The summed E-state index contributed by atoms with van der Waals surface area (Å²) in [6.45, 7) is 0.544. The van der Waals surface area contributed by atoms with E-state index >= 15 is 0 Å². The molecule has 1 heterocycles. The third-order valence-corrected chi connectivity index (χ3v) is 4.88. The van der Waals surface area contributed by atoms with E-state index in [-0.39, 0.29) is 24.7 Å². The van der Waals surface area contributed by atoms with Gasteiger partial charge in [0.15, 0.2) is 11.5 Å². The lowest BCUT2D eigenvalue weighted by molar-refractivity contribution is -0.132. The van der Waals surface area contributed by atoms with Crippen molar-refractivity contribution >= 4 is 23.2 Å². The van der Waals surface area contributed by atoms with Crippen molar-refractivity contribution < 1.29 is 19.1 Å². The van der Waals surface area contributed by atoms with Gasteiger partial charge in [-0.15, -0.1) is 0 Å². The molecule has 0 unspecified atom stereocenters. The Bertz CT molecular complexity index is 912. The molecular formula is C22H25N3O4. The average molecular weight is 395 g/mol. The Morgan fingerprint density at radius 3 is 2.45 bits per heavy atom. The fraction of sp³-hybridized carbons (Fsp3) is 0.318. The van der Waals surface area contributed by atoms with Crippen LogP contribution in [0.4, 0.5) is 5.69 Å². The zero-order valence-electron chi connectivity index (χ0n) is 16.9. The number of benzene rings is 2. The van der Waals surface area contributed by atoms with Gasteiger partial charge in [0.2, 0.25) is 11.8 Å². The molecule has 0 fully saturated rings. The van der Waals surface area contributed by atoms with Crippen LogP contribution < -0.4 is 14.4 Å². The maximum atomic E-state index is 12.6. The number of amides is 2. The zero-order valence-corrected chi connectivity index (χ0v) is 16.9. The van der Waals surface area contributed by atoms with Crippen molar-refractivity contribution in [2.45, 2.75) is 19.3 Å². The van der Waals surface area contributed by atoms with Crippen LogP contribution >= 0.6 is 0 Å². The highest BCUT2D eigenvalue weighted by atomic mass is 16.5. The molecule has 0 radical (unpaired) electrons. The number of carbonyl (C=O) groups excluding carboxylic acids is 2. The van der Waals surface area contributed by atoms with Crippen LogP contribution in [-0.2, 0) is 9.59 Å². The van der Waals surface area contributed by atoms with E-state index in [2.05, 4.69) is 5.10 Å². The molecule has 0 atom stereocenters. The minimum Gasteiger partial charge on any atom is -0.493 e. The van der Waals surface area contributed by atoms with Gasteiger partial charge < -0.3 is 14.4 Å². The first kappa shape index (κ1) is 20.4. The number of methoxy groups -OCH3 is 2. The van der Waals surface area contributed by atoms with Crippen LogP contribution in [0.5, 0.6) is 11.5 Å². The summed E-state index contributed by atoms with van der Waals surface area (Å²) < 4.78 is 10.5. The second-order valence-corrected chi connectivity index (χ2v) is 6.67. The summed E-state index contributed by atoms with van der Waals surface area (Å²) in [6, 6.07) is 15.1. The Kier molecular flexibility index (Phi) is 6.49. The average Bonchev–Trinajstić information content (AvgIpc) is 3.27. The molecule has 1 aliphatic rings. The van der Waals surface area contributed by atoms with Gasteiger partial charge in [0.1, 0.15) is 0 Å². The van der Waals surface area contributed by atoms with Crippen LogP contribution in [0.25, 0.3) is 0 Å². The number of anilines is 1. The van der Waals surface area contributed by atoms with Gasteiger partial charge in [-0.1, -0.05) is 30.3 Å². The third-order valence-electron chi connectivity index (χ3n) is 4.88. The van der Waals surface area contributed by atoms with Crippen LogP contribution in [0, 0.1) is 0 Å². The number of rotatable bonds is 7. The third kappa shape index (κ3) is 4.74. The van der Waals surface area contributed by atoms with E-state index in [0.717, 1.165) is 17.7 Å². The summed E-state index contributed by atoms with van der Waals surface area (Å²) in [7, 11) is 4.78. The Morgan fingerprint density at radius 1 is 1.03 bits per heavy atom. The molecule has 2 aromatic carbocycles. The van der Waals surface area contributed by atoms with Gasteiger partial charge in [0.05, 0.1) is 26.5 Å². The second-order valence-electron chi connectivity index (χ2n) is 6.67. The summed E-state index contributed by atoms with van der Waals surface area (Å²) in [6.07, 6.45) is 0.938. The Labute approximate surface area is 170 Å². The molecule has 1 aliphatic heterocycles. The molecule has 0 N–H and O–H groups in total. The predicted molar refractivity (Wildman–Crippen MR) is 111 cm³/mol. The summed E-state index contributed by atoms with van der Waals surface area (Å²) in [4.78, 5) is 26.5. The lowest BCUT2D eigenvalue weighted by Crippen LogP contribution is -2.29. The molecular weight excluding hydrogens is 370 g/mol. The normalized spacial score (nSPS) is 13.1. The Hall–Kier alpha value is -3.35. The highest BCUT2D eigenvalue weighted by Crippen LogP contribution is 2.31. The van der Waals surface area contributed by atoms with Gasteiger partial charge in [0.25, 0.3) is 0 Å². The molecule has 7 nitrogen and oxygen atoms in total. The van der Waals surface area contributed by atoms with Gasteiger partial charge in [-0.2, -0.15) is 5.10 Å². The van der Waals surface area contributed by atoms with Crippen molar-refractivity contribution in [1.29, 1.82) is 0 Å². The maximum Gasteiger partial charge on any atom is 0.243 e. The first-order valence-electron chi connectivity index (χ1n) is 9.45. The van der Waals surface area contributed by atoms with Crippen molar-refractivity contribution in [1.82, 2.24) is 5.01 Å². The fourth-order valence-corrected chi connectivity index (χ4v) is 3.16. The molecule has 0 saturated carbocycles. The monoisotopic (exact) mass is 395 g/mol. The number of hydrazone groups is 1. The van der Waals surface area contributed by atoms with Crippen molar-refractivity contribution in [2.24, 2.45) is 5.10 Å². The standard InChI is InChI=1S/C22H25N3O4/c1-24(17-9-10-19(28-2)20(15-17)29-3)21(26)11-12-22(27)25-14-13-18(23-25)16-7-5-4-6-8-16/h4-10,15H,11-14H2,1-3H3. The molecule has 0 spiro atoms. The number of ether oxygens (including phenoxy) is 2. The molecule has 0 bridgehead atoms. The Balaban J connectivity index is 1.58. The molecule has 152 valence electrons. The van der Waals surface area contributed by atoms with E-state index in [4.69, 9.17) is 9.47 Å². The molecule has 2 aromatic rings. The second kappa shape index (κ2) is 9.23. The van der Waals surface area contributed by atoms with E-state index < -0.39 is 0 Å². The molecule has 0 aliphatic carbocycles. The summed E-state index contributed by atoms with van der Waals surface area (Å²) >= 11 is 0. The first-order valence-corrected chi connectivity index (χ1v) is 9.45. The first-order chi connectivity index (χ1) is 14.0. The summed E-state index contributed by atoms with van der Waals surface area (Å²) in [5, 5.41) is 5.89. The molecule has 0 aromatic heterocycles. The molecule has 0 saturated heterocycles. The predicted octanol–water partition coefficient (Wildman–Crippen LogP) is 3.08. The van der Waals surface area contributed by atoms with Crippen molar-refractivity contribution in [2.75, 3.05) is 32.7 Å². The van der Waals surface area contributed by atoms with E-state index in [9.17, 15) is 9.59 Å². The van der Waals surface area contributed by atoms with Crippen LogP contribution in [0.1, 0.15) is 24.8 Å². The van der Waals surface area contributed by atoms with E-state index in [1.165, 1.54) is 9.91 Å². The summed E-state index contributed by atoms with van der Waals surface area (Å²) in [5.41, 5.74) is 2.59. The number of hydrogen-bond acceptors (Lipinski definition) is 5. The van der Waals surface area contributed by atoms with E-state index in [1.807, 2.05) is 30.3 Å². The van der Waals surface area contributed by atoms with Crippen molar-refractivity contribution in [3.63, 3.8) is 0 Å². The summed E-state index contributed by atoms with van der Waals surface area (Å²) in [5.74, 6) is 0.830. The van der Waals surface area contributed by atoms with Gasteiger partial charge in [-0.05, 0) is 17.7 Å². The lowest BCUT2D eigenvalue weighted by Gasteiger charge is -2.19. The van der Waals surface area contributed by atoms with Crippen LogP contribution in [0.3, 0.4) is 0 Å². The minimum atomic E-state index is -0.156. The SMILES string of the molecule is COc1ccc(N(C)C(=O)CCC(=O)N2CCC(c3ccccc3)=N2)cc1OC. The molecule has 29 heavy (non-hydrogen) atoms. The molecule has 2 amide bonds. The lowest BCUT2D eigenvalue weighted by atomic mass is 10.1. The highest BCUT2D eigenvalue weighted by Gasteiger charge is 2.23. The van der Waals surface area contributed by atoms with Crippen LogP contribution in [0.15, 0.2) is 53.6 Å².